The molecule has 0 saturated heterocycles. The van der Waals surface area contributed by atoms with Crippen LogP contribution in [-0.2, 0) is 0 Å². The average molecular weight is 327 g/mol. The molecule has 2 N–H and O–H groups in total. The van der Waals surface area contributed by atoms with Crippen molar-refractivity contribution in [1.29, 1.82) is 0 Å². The molecule has 2 atom stereocenters. The number of carbonyl (C=O) groups excluding carboxylic acids is 1. The second kappa shape index (κ2) is 7.40. The molecule has 6 nitrogen and oxygen atoms in total. The molecule has 1 aromatic carbocycles. The number of nitrogens with one attached hydrogen (secondary N) is 1. The summed E-state index contributed by atoms with van der Waals surface area (Å²) in [6.45, 7) is 0.0713. The maximum absolute atomic E-state index is 12.5. The van der Waals surface area contributed by atoms with Crippen LogP contribution in [0.3, 0.4) is 0 Å². The van der Waals surface area contributed by atoms with E-state index in [1.165, 1.54) is 16.8 Å². The highest BCUT2D eigenvalue weighted by Crippen LogP contribution is 2.24. The summed E-state index contributed by atoms with van der Waals surface area (Å²) in [5, 5.41) is 16.6. The zero-order valence-electron chi connectivity index (χ0n) is 13.4. The maximum Gasteiger partial charge on any atom is 0.271 e. The van der Waals surface area contributed by atoms with Gasteiger partial charge in [0.15, 0.2) is 0 Å². The van der Waals surface area contributed by atoms with E-state index in [-0.39, 0.29) is 35.7 Å². The Morgan fingerprint density at radius 1 is 1.17 bits per heavy atom. The van der Waals surface area contributed by atoms with Gasteiger partial charge in [0.2, 0.25) is 0 Å². The van der Waals surface area contributed by atoms with Crippen LogP contribution in [-0.4, -0.2) is 33.4 Å². The third-order valence-electron chi connectivity index (χ3n) is 4.49. The first-order valence-corrected chi connectivity index (χ1v) is 8.26. The van der Waals surface area contributed by atoms with E-state index in [1.54, 1.807) is 12.1 Å². The van der Waals surface area contributed by atoms with Gasteiger partial charge in [-0.2, -0.15) is 9.78 Å². The van der Waals surface area contributed by atoms with Crippen LogP contribution in [0.5, 0.6) is 0 Å². The predicted octanol–water partition coefficient (Wildman–Crippen LogP) is 1.51. The van der Waals surface area contributed by atoms with Crippen molar-refractivity contribution in [3.8, 4) is 5.69 Å². The van der Waals surface area contributed by atoms with E-state index in [9.17, 15) is 14.7 Å². The summed E-state index contributed by atoms with van der Waals surface area (Å²) in [6, 6.07) is 11.7. The fourth-order valence-electron chi connectivity index (χ4n) is 3.14. The number of para-hydroxylation sites is 1. The van der Waals surface area contributed by atoms with Crippen molar-refractivity contribution in [2.24, 2.45) is 5.92 Å². The number of hydrogen-bond acceptors (Lipinski definition) is 4. The normalized spacial score (nSPS) is 20.5. The van der Waals surface area contributed by atoms with Gasteiger partial charge in [-0.1, -0.05) is 31.0 Å². The predicted molar refractivity (Wildman–Crippen MR) is 90.1 cm³/mol. The summed E-state index contributed by atoms with van der Waals surface area (Å²) in [6.07, 6.45) is 3.89. The van der Waals surface area contributed by atoms with Crippen molar-refractivity contribution in [1.82, 2.24) is 15.1 Å². The van der Waals surface area contributed by atoms with Gasteiger partial charge in [-0.05, 0) is 31.0 Å². The van der Waals surface area contributed by atoms with Gasteiger partial charge in [-0.3, -0.25) is 9.59 Å². The molecule has 0 spiro atoms. The Hall–Kier alpha value is -2.47. The van der Waals surface area contributed by atoms with E-state index in [2.05, 4.69) is 10.4 Å². The first-order valence-electron chi connectivity index (χ1n) is 8.26. The van der Waals surface area contributed by atoms with E-state index in [4.69, 9.17) is 0 Å². The third kappa shape index (κ3) is 3.54. The molecule has 1 heterocycles. The topological polar surface area (TPSA) is 84.2 Å². The number of aliphatic hydroxyl groups excluding tert-OH is 1. The Morgan fingerprint density at radius 3 is 2.67 bits per heavy atom. The van der Waals surface area contributed by atoms with Crippen LogP contribution >= 0.6 is 0 Å². The number of carbonyl (C=O) groups is 1. The second-order valence-electron chi connectivity index (χ2n) is 6.11. The number of amides is 1. The third-order valence-corrected chi connectivity index (χ3v) is 4.49. The minimum atomic E-state index is -0.315. The van der Waals surface area contributed by atoms with Gasteiger partial charge in [0.1, 0.15) is 5.69 Å². The number of aliphatic hydroxyl groups is 1. The van der Waals surface area contributed by atoms with Crippen LogP contribution in [0.2, 0.25) is 0 Å². The highest BCUT2D eigenvalue weighted by molar-refractivity contribution is 5.92. The van der Waals surface area contributed by atoms with Crippen molar-refractivity contribution >= 4 is 5.91 Å². The standard InChI is InChI=1S/C18H21N3O3/c22-12-13-6-4-5-9-15(13)19-18(24)16-10-11-17(23)21(20-16)14-7-2-1-3-8-14/h1-3,7-8,10-11,13,15,22H,4-6,9,12H2,(H,19,24). The number of benzene rings is 1. The molecule has 1 saturated carbocycles. The molecule has 0 radical (unpaired) electrons. The van der Waals surface area contributed by atoms with E-state index >= 15 is 0 Å². The molecule has 2 aromatic rings. The van der Waals surface area contributed by atoms with Crippen molar-refractivity contribution in [3.63, 3.8) is 0 Å². The minimum Gasteiger partial charge on any atom is -0.396 e. The van der Waals surface area contributed by atoms with Gasteiger partial charge in [0, 0.05) is 24.6 Å². The summed E-state index contributed by atoms with van der Waals surface area (Å²) in [5.74, 6) is -0.229. The van der Waals surface area contributed by atoms with Gasteiger partial charge in [-0.25, -0.2) is 0 Å². The van der Waals surface area contributed by atoms with Crippen molar-refractivity contribution in [3.05, 3.63) is 58.5 Å². The molecule has 1 fully saturated rings. The molecular formula is C18H21N3O3. The molecule has 1 aromatic heterocycles. The van der Waals surface area contributed by atoms with Crippen LogP contribution < -0.4 is 10.9 Å². The zero-order valence-corrected chi connectivity index (χ0v) is 13.4. The van der Waals surface area contributed by atoms with Gasteiger partial charge >= 0.3 is 0 Å². The number of nitrogens with zero attached hydrogens (tertiary/aromatic N) is 2. The lowest BCUT2D eigenvalue weighted by atomic mass is 9.85. The molecule has 1 aliphatic carbocycles. The monoisotopic (exact) mass is 327 g/mol. The average Bonchev–Trinajstić information content (AvgIpc) is 2.63. The van der Waals surface area contributed by atoms with Crippen LogP contribution in [0.4, 0.5) is 0 Å². The fourth-order valence-corrected chi connectivity index (χ4v) is 3.14. The van der Waals surface area contributed by atoms with Crippen molar-refractivity contribution < 1.29 is 9.90 Å². The summed E-state index contributed by atoms with van der Waals surface area (Å²) in [4.78, 5) is 24.5. The molecule has 3 rings (SSSR count). The van der Waals surface area contributed by atoms with Crippen molar-refractivity contribution in [2.75, 3.05) is 6.61 Å². The van der Waals surface area contributed by atoms with Crippen LogP contribution in [0.15, 0.2) is 47.3 Å². The molecular weight excluding hydrogens is 306 g/mol. The molecule has 126 valence electrons. The lowest BCUT2D eigenvalue weighted by Crippen LogP contribution is -2.44. The molecule has 2 unspecified atom stereocenters. The Kier molecular flexibility index (Phi) is 5.05. The van der Waals surface area contributed by atoms with Crippen molar-refractivity contribution in [2.45, 2.75) is 31.7 Å². The highest BCUT2D eigenvalue weighted by atomic mass is 16.3. The van der Waals surface area contributed by atoms with E-state index < -0.39 is 0 Å². The fraction of sp³-hybridized carbons (Fsp3) is 0.389. The smallest absolute Gasteiger partial charge is 0.271 e. The molecule has 0 bridgehead atoms. The lowest BCUT2D eigenvalue weighted by molar-refractivity contribution is 0.0866. The first-order chi connectivity index (χ1) is 11.7. The second-order valence-corrected chi connectivity index (χ2v) is 6.11. The summed E-state index contributed by atoms with van der Waals surface area (Å²) in [7, 11) is 0. The Labute approximate surface area is 140 Å². The summed E-state index contributed by atoms with van der Waals surface area (Å²) in [5.41, 5.74) is 0.521. The minimum absolute atomic E-state index is 0.0462. The number of aromatic nitrogens is 2. The molecule has 1 amide bonds. The molecule has 6 heteroatoms. The molecule has 24 heavy (non-hydrogen) atoms. The van der Waals surface area contributed by atoms with E-state index in [0.29, 0.717) is 5.69 Å². The van der Waals surface area contributed by atoms with Crippen LogP contribution in [0.1, 0.15) is 36.2 Å². The Balaban J connectivity index is 1.82. The number of rotatable bonds is 4. The van der Waals surface area contributed by atoms with E-state index in [1.807, 2.05) is 18.2 Å². The van der Waals surface area contributed by atoms with Crippen LogP contribution in [0, 0.1) is 5.92 Å². The highest BCUT2D eigenvalue weighted by Gasteiger charge is 2.26. The van der Waals surface area contributed by atoms with Crippen LogP contribution in [0.25, 0.3) is 5.69 Å². The lowest BCUT2D eigenvalue weighted by Gasteiger charge is -2.30. The molecule has 1 aliphatic rings. The first kappa shape index (κ1) is 16.4. The van der Waals surface area contributed by atoms with Gasteiger partial charge in [0.05, 0.1) is 5.69 Å². The van der Waals surface area contributed by atoms with Gasteiger partial charge in [0.25, 0.3) is 11.5 Å². The molecule has 0 aliphatic heterocycles. The zero-order chi connectivity index (χ0) is 16.9. The number of hydrogen-bond donors (Lipinski definition) is 2. The summed E-state index contributed by atoms with van der Waals surface area (Å²) >= 11 is 0. The quantitative estimate of drug-likeness (QED) is 0.891. The Bertz CT molecular complexity index is 758. The summed E-state index contributed by atoms with van der Waals surface area (Å²) < 4.78 is 1.22. The SMILES string of the molecule is O=C(NC1CCCCC1CO)c1ccc(=O)n(-c2ccccc2)n1. The van der Waals surface area contributed by atoms with Gasteiger partial charge < -0.3 is 10.4 Å². The van der Waals surface area contributed by atoms with Gasteiger partial charge in [-0.15, -0.1) is 0 Å². The largest absolute Gasteiger partial charge is 0.396 e. The Morgan fingerprint density at radius 2 is 1.92 bits per heavy atom. The maximum atomic E-state index is 12.5. The van der Waals surface area contributed by atoms with E-state index in [0.717, 1.165) is 25.7 Å².